The molecule has 1 atom stereocenters. The smallest absolute Gasteiger partial charge is 0.315 e. The minimum absolute atomic E-state index is 0.333. The maximum atomic E-state index is 14.0. The normalized spacial score (nSPS) is 15.0. The van der Waals surface area contributed by atoms with E-state index in [0.717, 1.165) is 10.7 Å². The number of rotatable bonds is 6. The largest absolute Gasteiger partial charge is 0.496 e. The minimum atomic E-state index is -0.515. The average Bonchev–Trinajstić information content (AvgIpc) is 3.31. The Morgan fingerprint density at radius 3 is 3.00 bits per heavy atom. The summed E-state index contributed by atoms with van der Waals surface area (Å²) in [5.41, 5.74) is 1.19. The van der Waals surface area contributed by atoms with Crippen molar-refractivity contribution in [3.63, 3.8) is 0 Å². The molecule has 1 aliphatic rings. The molecule has 2 aromatic rings. The number of thiazole rings is 1. The fourth-order valence-electron chi connectivity index (χ4n) is 2.53. The molecule has 2 amide bonds. The van der Waals surface area contributed by atoms with E-state index in [2.05, 4.69) is 15.6 Å². The zero-order valence-electron chi connectivity index (χ0n) is 13.6. The van der Waals surface area contributed by atoms with Crippen LogP contribution in [0.3, 0.4) is 0 Å². The van der Waals surface area contributed by atoms with Crippen LogP contribution in [0.15, 0.2) is 23.6 Å². The predicted molar refractivity (Wildman–Crippen MR) is 90.8 cm³/mol. The lowest BCUT2D eigenvalue weighted by atomic mass is 10.1. The van der Waals surface area contributed by atoms with E-state index < -0.39 is 11.9 Å². The summed E-state index contributed by atoms with van der Waals surface area (Å²) >= 11 is 1.64. The van der Waals surface area contributed by atoms with Crippen molar-refractivity contribution in [2.24, 2.45) is 0 Å². The number of nitrogens with zero attached hydrogens (tertiary/aromatic N) is 1. The zero-order valence-corrected chi connectivity index (χ0v) is 14.5. The topological polar surface area (TPSA) is 63.2 Å². The molecule has 1 aromatic carbocycles. The number of ether oxygens (including phenoxy) is 1. The summed E-state index contributed by atoms with van der Waals surface area (Å²) in [4.78, 5) is 16.6. The third-order valence-corrected chi connectivity index (χ3v) is 5.00. The van der Waals surface area contributed by atoms with Gasteiger partial charge in [0.1, 0.15) is 11.6 Å². The van der Waals surface area contributed by atoms with Crippen LogP contribution in [0.4, 0.5) is 9.18 Å². The van der Waals surface area contributed by atoms with Crippen molar-refractivity contribution < 1.29 is 13.9 Å². The zero-order chi connectivity index (χ0) is 17.1. The van der Waals surface area contributed by atoms with E-state index in [1.54, 1.807) is 30.4 Å². The summed E-state index contributed by atoms with van der Waals surface area (Å²) in [7, 11) is 1.48. The molecule has 1 saturated carbocycles. The van der Waals surface area contributed by atoms with Crippen LogP contribution in [-0.2, 0) is 6.54 Å². The van der Waals surface area contributed by atoms with Crippen LogP contribution in [0, 0.1) is 5.82 Å². The fraction of sp³-hybridized carbons (Fsp3) is 0.412. The lowest BCUT2D eigenvalue weighted by Crippen LogP contribution is -2.37. The Morgan fingerprint density at radius 2 is 2.29 bits per heavy atom. The highest BCUT2D eigenvalue weighted by atomic mass is 32.1. The van der Waals surface area contributed by atoms with Crippen LogP contribution in [0.5, 0.6) is 5.75 Å². The van der Waals surface area contributed by atoms with Gasteiger partial charge >= 0.3 is 6.03 Å². The van der Waals surface area contributed by atoms with Crippen LogP contribution >= 0.6 is 11.3 Å². The standard InChI is InChI=1S/C17H20FN3O2S/c1-10(15-13(18)4-3-5-14(15)23-2)20-17(22)19-8-12-9-24-16(21-12)11-6-7-11/h3-5,9-11H,6-8H2,1-2H3,(H2,19,20,22). The monoisotopic (exact) mass is 349 g/mol. The number of carbonyl (C=O) groups excluding carboxylic acids is 1. The SMILES string of the molecule is COc1cccc(F)c1C(C)NC(=O)NCc1csc(C2CC2)n1. The summed E-state index contributed by atoms with van der Waals surface area (Å²) in [6.45, 7) is 2.07. The van der Waals surface area contributed by atoms with Gasteiger partial charge in [-0.25, -0.2) is 14.2 Å². The van der Waals surface area contributed by atoms with Crippen molar-refractivity contribution in [1.82, 2.24) is 15.6 Å². The molecule has 0 aliphatic heterocycles. The highest BCUT2D eigenvalue weighted by Gasteiger charge is 2.26. The number of urea groups is 1. The van der Waals surface area contributed by atoms with Gasteiger partial charge in [-0.3, -0.25) is 0 Å². The number of amides is 2. The average molecular weight is 349 g/mol. The van der Waals surface area contributed by atoms with E-state index in [0.29, 0.717) is 23.8 Å². The number of halogens is 1. The van der Waals surface area contributed by atoms with Crippen LogP contribution in [0.25, 0.3) is 0 Å². The number of nitrogens with one attached hydrogen (secondary N) is 2. The first-order chi connectivity index (χ1) is 11.6. The van der Waals surface area contributed by atoms with E-state index in [1.165, 1.54) is 26.0 Å². The quantitative estimate of drug-likeness (QED) is 0.835. The Bertz CT molecular complexity index is 730. The molecule has 24 heavy (non-hydrogen) atoms. The Balaban J connectivity index is 1.56. The van der Waals surface area contributed by atoms with Crippen LogP contribution in [0.2, 0.25) is 0 Å². The first kappa shape index (κ1) is 16.7. The van der Waals surface area contributed by atoms with Crippen LogP contribution < -0.4 is 15.4 Å². The third-order valence-electron chi connectivity index (χ3n) is 3.94. The van der Waals surface area contributed by atoms with Crippen LogP contribution in [-0.4, -0.2) is 18.1 Å². The van der Waals surface area contributed by atoms with Crippen molar-refractivity contribution >= 4 is 17.4 Å². The van der Waals surface area contributed by atoms with E-state index >= 15 is 0 Å². The van der Waals surface area contributed by atoms with E-state index in [-0.39, 0.29) is 6.03 Å². The van der Waals surface area contributed by atoms with Gasteiger partial charge in [-0.2, -0.15) is 0 Å². The van der Waals surface area contributed by atoms with Crippen LogP contribution in [0.1, 0.15) is 48.0 Å². The van der Waals surface area contributed by atoms with Crippen molar-refractivity contribution in [2.75, 3.05) is 7.11 Å². The molecular weight excluding hydrogens is 329 g/mol. The van der Waals surface area contributed by atoms with Gasteiger partial charge in [-0.05, 0) is 31.9 Å². The third kappa shape index (κ3) is 3.84. The number of aromatic nitrogens is 1. The Kier molecular flexibility index (Phi) is 4.99. The highest BCUT2D eigenvalue weighted by Crippen LogP contribution is 2.41. The molecule has 0 bridgehead atoms. The lowest BCUT2D eigenvalue weighted by Gasteiger charge is -2.18. The number of methoxy groups -OCH3 is 1. The minimum Gasteiger partial charge on any atom is -0.496 e. The summed E-state index contributed by atoms with van der Waals surface area (Å²) in [5, 5.41) is 8.61. The molecule has 1 heterocycles. The molecule has 5 nitrogen and oxygen atoms in total. The van der Waals surface area contributed by atoms with E-state index in [1.807, 2.05) is 5.38 Å². The number of hydrogen-bond acceptors (Lipinski definition) is 4. The summed E-state index contributed by atoms with van der Waals surface area (Å²) < 4.78 is 19.2. The number of carbonyl (C=O) groups is 1. The molecular formula is C17H20FN3O2S. The highest BCUT2D eigenvalue weighted by molar-refractivity contribution is 7.09. The van der Waals surface area contributed by atoms with Gasteiger partial charge in [0.25, 0.3) is 0 Å². The first-order valence-electron chi connectivity index (χ1n) is 7.89. The van der Waals surface area contributed by atoms with Crippen molar-refractivity contribution in [3.8, 4) is 5.75 Å². The lowest BCUT2D eigenvalue weighted by molar-refractivity contribution is 0.237. The van der Waals surface area contributed by atoms with E-state index in [4.69, 9.17) is 4.74 Å². The predicted octanol–water partition coefficient (Wildman–Crippen LogP) is 3.73. The maximum absolute atomic E-state index is 14.0. The summed E-state index contributed by atoms with van der Waals surface area (Å²) in [6, 6.07) is 3.71. The molecule has 1 aromatic heterocycles. The second-order valence-electron chi connectivity index (χ2n) is 5.86. The molecule has 1 fully saturated rings. The van der Waals surface area contributed by atoms with Gasteiger partial charge in [-0.1, -0.05) is 6.07 Å². The van der Waals surface area contributed by atoms with Crippen molar-refractivity contribution in [3.05, 3.63) is 45.7 Å². The molecule has 1 unspecified atom stereocenters. The van der Waals surface area contributed by atoms with Gasteiger partial charge in [0.05, 0.1) is 36.0 Å². The molecule has 0 spiro atoms. The second kappa shape index (κ2) is 7.17. The molecule has 128 valence electrons. The van der Waals surface area contributed by atoms with Gasteiger partial charge in [0, 0.05) is 11.3 Å². The van der Waals surface area contributed by atoms with Gasteiger partial charge in [0.2, 0.25) is 0 Å². The van der Waals surface area contributed by atoms with Gasteiger partial charge < -0.3 is 15.4 Å². The first-order valence-corrected chi connectivity index (χ1v) is 8.77. The number of benzene rings is 1. The molecule has 2 N–H and O–H groups in total. The van der Waals surface area contributed by atoms with Crippen molar-refractivity contribution in [2.45, 2.75) is 38.3 Å². The van der Waals surface area contributed by atoms with Gasteiger partial charge in [0.15, 0.2) is 0 Å². The summed E-state index contributed by atoms with van der Waals surface area (Å²) in [5.74, 6) is 0.623. The Hall–Kier alpha value is -2.15. The summed E-state index contributed by atoms with van der Waals surface area (Å²) in [6.07, 6.45) is 2.42. The number of hydrogen-bond donors (Lipinski definition) is 2. The van der Waals surface area contributed by atoms with E-state index in [9.17, 15) is 9.18 Å². The molecule has 3 rings (SSSR count). The molecule has 7 heteroatoms. The molecule has 0 radical (unpaired) electrons. The van der Waals surface area contributed by atoms with Gasteiger partial charge in [-0.15, -0.1) is 11.3 Å². The Morgan fingerprint density at radius 1 is 1.50 bits per heavy atom. The fourth-order valence-corrected chi connectivity index (χ4v) is 3.52. The second-order valence-corrected chi connectivity index (χ2v) is 6.75. The Labute approximate surface area is 144 Å². The maximum Gasteiger partial charge on any atom is 0.315 e. The van der Waals surface area contributed by atoms with Crippen molar-refractivity contribution in [1.29, 1.82) is 0 Å². The molecule has 0 saturated heterocycles. The molecule has 1 aliphatic carbocycles.